The van der Waals surface area contributed by atoms with Crippen molar-refractivity contribution in [1.82, 2.24) is 0 Å². The number of carbonyl (C=O) groups excluding carboxylic acids is 2. The summed E-state index contributed by atoms with van der Waals surface area (Å²) in [5.74, 6) is -2.48. The maximum Gasteiger partial charge on any atom is 0.335 e. The van der Waals surface area contributed by atoms with Gasteiger partial charge in [0.05, 0.1) is 12.7 Å². The second-order valence-corrected chi connectivity index (χ2v) is 4.85. The molecule has 0 radical (unpaired) electrons. The molecule has 2 aromatic carbocycles. The molecule has 0 atom stereocenters. The molecule has 7 heteroatoms. The van der Waals surface area contributed by atoms with Crippen LogP contribution in [0.4, 0.5) is 0 Å². The van der Waals surface area contributed by atoms with Gasteiger partial charge in [0.1, 0.15) is 0 Å². The van der Waals surface area contributed by atoms with Gasteiger partial charge in [0.25, 0.3) is 0 Å². The number of aliphatic carboxylic acids is 1. The first-order chi connectivity index (χ1) is 13.3. The van der Waals surface area contributed by atoms with Gasteiger partial charge in [0.15, 0.2) is 5.78 Å². The van der Waals surface area contributed by atoms with Crippen LogP contribution < -0.4 is 0 Å². The number of methoxy groups -OCH3 is 1. The standard InChI is InChI=1S/C14H10O3.C4H6O2.C3H4O2/c15-13(10-4-2-1-3-5-10)11-6-8-12(9-7-11)14(16)17;1-3-4(5)6-2;1-2-3(4)5/h1-9H,(H,16,17);3H,1H2,2H3;2H,1H2,(H,4,5). The Morgan fingerprint density at radius 1 is 0.786 bits per heavy atom. The van der Waals surface area contributed by atoms with Crippen LogP contribution in [0.2, 0.25) is 0 Å². The number of rotatable bonds is 5. The summed E-state index contributed by atoms with van der Waals surface area (Å²) in [5.41, 5.74) is 1.26. The average molecular weight is 384 g/mol. The van der Waals surface area contributed by atoms with E-state index in [-0.39, 0.29) is 11.3 Å². The summed E-state index contributed by atoms with van der Waals surface area (Å²) in [4.78, 5) is 41.7. The molecule has 0 aromatic heterocycles. The molecule has 2 N–H and O–H groups in total. The quantitative estimate of drug-likeness (QED) is 0.461. The van der Waals surface area contributed by atoms with Crippen molar-refractivity contribution in [3.05, 3.63) is 96.6 Å². The number of carboxylic acid groups (broad SMARTS) is 2. The molecule has 2 rings (SSSR count). The van der Waals surface area contributed by atoms with E-state index in [2.05, 4.69) is 17.9 Å². The molecular weight excluding hydrogens is 364 g/mol. The molecule has 0 saturated heterocycles. The minimum Gasteiger partial charge on any atom is -0.478 e. The van der Waals surface area contributed by atoms with Crippen molar-refractivity contribution in [2.45, 2.75) is 0 Å². The first-order valence-electron chi connectivity index (χ1n) is 7.75. The maximum atomic E-state index is 12.0. The van der Waals surface area contributed by atoms with Crippen molar-refractivity contribution < 1.29 is 34.1 Å². The summed E-state index contributed by atoms with van der Waals surface area (Å²) >= 11 is 0. The van der Waals surface area contributed by atoms with Gasteiger partial charge in [-0.1, -0.05) is 55.6 Å². The first-order valence-corrected chi connectivity index (χ1v) is 7.75. The lowest BCUT2D eigenvalue weighted by molar-refractivity contribution is -0.135. The second-order valence-electron chi connectivity index (χ2n) is 4.85. The van der Waals surface area contributed by atoms with E-state index in [1.807, 2.05) is 6.07 Å². The van der Waals surface area contributed by atoms with Crippen LogP contribution in [0.1, 0.15) is 26.3 Å². The third-order valence-electron chi connectivity index (χ3n) is 2.97. The minimum absolute atomic E-state index is 0.109. The molecule has 28 heavy (non-hydrogen) atoms. The number of ether oxygens (including phenoxy) is 1. The van der Waals surface area contributed by atoms with Crippen LogP contribution in [0, 0.1) is 0 Å². The van der Waals surface area contributed by atoms with Crippen LogP contribution in [-0.4, -0.2) is 41.0 Å². The zero-order chi connectivity index (χ0) is 21.5. The van der Waals surface area contributed by atoms with Crippen LogP contribution >= 0.6 is 0 Å². The molecule has 0 aliphatic carbocycles. The number of hydrogen-bond donors (Lipinski definition) is 2. The maximum absolute atomic E-state index is 12.0. The fourth-order valence-electron chi connectivity index (χ4n) is 1.60. The van der Waals surface area contributed by atoms with Crippen molar-refractivity contribution in [2.24, 2.45) is 0 Å². The molecular formula is C21H20O7. The molecule has 0 amide bonds. The van der Waals surface area contributed by atoms with Crippen molar-refractivity contribution in [2.75, 3.05) is 7.11 Å². The third kappa shape index (κ3) is 9.47. The minimum atomic E-state index is -0.997. The van der Waals surface area contributed by atoms with Crippen LogP contribution in [-0.2, 0) is 14.3 Å². The molecule has 146 valence electrons. The molecule has 0 aliphatic rings. The van der Waals surface area contributed by atoms with E-state index in [0.29, 0.717) is 11.1 Å². The van der Waals surface area contributed by atoms with Gasteiger partial charge in [-0.3, -0.25) is 4.79 Å². The normalized spacial score (nSPS) is 8.61. The van der Waals surface area contributed by atoms with Crippen molar-refractivity contribution in [3.63, 3.8) is 0 Å². The van der Waals surface area contributed by atoms with Crippen molar-refractivity contribution in [3.8, 4) is 0 Å². The highest BCUT2D eigenvalue weighted by atomic mass is 16.5. The Kier molecular flexibility index (Phi) is 11.3. The van der Waals surface area contributed by atoms with Crippen LogP contribution in [0.25, 0.3) is 0 Å². The Morgan fingerprint density at radius 3 is 1.54 bits per heavy atom. The topological polar surface area (TPSA) is 118 Å². The van der Waals surface area contributed by atoms with Crippen LogP contribution in [0.3, 0.4) is 0 Å². The van der Waals surface area contributed by atoms with Gasteiger partial charge in [-0.25, -0.2) is 14.4 Å². The zero-order valence-electron chi connectivity index (χ0n) is 15.2. The first kappa shape index (κ1) is 24.0. The highest BCUT2D eigenvalue weighted by Crippen LogP contribution is 2.11. The van der Waals surface area contributed by atoms with E-state index in [1.165, 1.54) is 31.4 Å². The summed E-state index contributed by atoms with van der Waals surface area (Å²) in [5, 5.41) is 16.4. The molecule has 0 saturated carbocycles. The molecule has 0 spiro atoms. The Bertz CT molecular complexity index is 822. The highest BCUT2D eigenvalue weighted by Gasteiger charge is 2.09. The Labute approximate surface area is 162 Å². The summed E-state index contributed by atoms with van der Waals surface area (Å²) in [6.07, 6.45) is 1.94. The number of carboxylic acids is 2. The smallest absolute Gasteiger partial charge is 0.335 e. The molecule has 0 aliphatic heterocycles. The van der Waals surface area contributed by atoms with Gasteiger partial charge in [0, 0.05) is 23.3 Å². The summed E-state index contributed by atoms with van der Waals surface area (Å²) in [6.45, 7) is 6.12. The van der Waals surface area contributed by atoms with Gasteiger partial charge in [0.2, 0.25) is 0 Å². The van der Waals surface area contributed by atoms with Gasteiger partial charge in [-0.15, -0.1) is 0 Å². The zero-order valence-corrected chi connectivity index (χ0v) is 15.2. The highest BCUT2D eigenvalue weighted by molar-refractivity contribution is 6.09. The molecule has 0 unspecified atom stereocenters. The largest absolute Gasteiger partial charge is 0.478 e. The lowest BCUT2D eigenvalue weighted by Crippen LogP contribution is -2.02. The fraction of sp³-hybridized carbons (Fsp3) is 0.0476. The summed E-state index contributed by atoms with van der Waals surface area (Å²) in [7, 11) is 1.31. The van der Waals surface area contributed by atoms with E-state index in [4.69, 9.17) is 10.2 Å². The number of esters is 1. The predicted molar refractivity (Wildman–Crippen MR) is 103 cm³/mol. The SMILES string of the molecule is C=CC(=O)O.C=CC(=O)OC.O=C(O)c1ccc(C(=O)c2ccccc2)cc1. The van der Waals surface area contributed by atoms with Gasteiger partial charge in [-0.2, -0.15) is 0 Å². The van der Waals surface area contributed by atoms with E-state index < -0.39 is 17.9 Å². The molecule has 0 heterocycles. The van der Waals surface area contributed by atoms with E-state index >= 15 is 0 Å². The van der Waals surface area contributed by atoms with Crippen molar-refractivity contribution >= 4 is 23.7 Å². The van der Waals surface area contributed by atoms with Gasteiger partial charge in [-0.05, 0) is 12.1 Å². The number of ketones is 1. The molecule has 0 bridgehead atoms. The number of hydrogen-bond acceptors (Lipinski definition) is 5. The number of carbonyl (C=O) groups is 4. The number of benzene rings is 2. The molecule has 0 fully saturated rings. The van der Waals surface area contributed by atoms with Gasteiger partial charge >= 0.3 is 17.9 Å². The van der Waals surface area contributed by atoms with E-state index in [0.717, 1.165) is 12.2 Å². The monoisotopic (exact) mass is 384 g/mol. The third-order valence-corrected chi connectivity index (χ3v) is 2.97. The van der Waals surface area contributed by atoms with E-state index in [1.54, 1.807) is 24.3 Å². The molecule has 2 aromatic rings. The average Bonchev–Trinajstić information content (AvgIpc) is 2.74. The fourth-order valence-corrected chi connectivity index (χ4v) is 1.60. The summed E-state index contributed by atoms with van der Waals surface area (Å²) in [6, 6.07) is 14.8. The Balaban J connectivity index is 0.000000550. The lowest BCUT2D eigenvalue weighted by atomic mass is 10.0. The van der Waals surface area contributed by atoms with Crippen LogP contribution in [0.5, 0.6) is 0 Å². The van der Waals surface area contributed by atoms with Gasteiger partial charge < -0.3 is 14.9 Å². The second kappa shape index (κ2) is 13.2. The Morgan fingerprint density at radius 2 is 1.21 bits per heavy atom. The van der Waals surface area contributed by atoms with Crippen molar-refractivity contribution in [1.29, 1.82) is 0 Å². The predicted octanol–water partition coefficient (Wildman–Crippen LogP) is 3.22. The number of aromatic carboxylic acids is 1. The summed E-state index contributed by atoms with van der Waals surface area (Å²) < 4.78 is 4.14. The van der Waals surface area contributed by atoms with E-state index in [9.17, 15) is 19.2 Å². The Hall–Kier alpha value is -4.00. The molecule has 7 nitrogen and oxygen atoms in total. The van der Waals surface area contributed by atoms with Crippen LogP contribution in [0.15, 0.2) is 79.9 Å². The lowest BCUT2D eigenvalue weighted by Gasteiger charge is -2.01.